The highest BCUT2D eigenvalue weighted by molar-refractivity contribution is 5.74. The highest BCUT2D eigenvalue weighted by atomic mass is 19.4. The summed E-state index contributed by atoms with van der Waals surface area (Å²) in [6, 6.07) is 3.18. The highest BCUT2D eigenvalue weighted by Crippen LogP contribution is 2.39. The SMILES string of the molecule is Fc1cccc(C(F)(F)F)c1C1CCNCC1.O=Cc1n[nH]c2c1CCNC2. The van der Waals surface area contributed by atoms with Gasteiger partial charge in [0.1, 0.15) is 11.5 Å². The molecule has 4 rings (SSSR count). The van der Waals surface area contributed by atoms with Crippen molar-refractivity contribution in [1.82, 2.24) is 20.8 Å². The van der Waals surface area contributed by atoms with E-state index in [1.165, 1.54) is 0 Å². The Kier molecular flexibility index (Phi) is 6.46. The second-order valence-corrected chi connectivity index (χ2v) is 6.83. The largest absolute Gasteiger partial charge is 0.416 e. The molecule has 1 aromatic carbocycles. The van der Waals surface area contributed by atoms with Crippen molar-refractivity contribution in [3.63, 3.8) is 0 Å². The fourth-order valence-electron chi connectivity index (χ4n) is 3.68. The van der Waals surface area contributed by atoms with Crippen LogP contribution in [0.1, 0.15) is 51.6 Å². The van der Waals surface area contributed by atoms with E-state index in [2.05, 4.69) is 20.8 Å². The first-order valence-corrected chi connectivity index (χ1v) is 9.20. The van der Waals surface area contributed by atoms with Crippen molar-refractivity contribution < 1.29 is 22.4 Å². The molecule has 0 aliphatic carbocycles. The van der Waals surface area contributed by atoms with Gasteiger partial charge in [0, 0.05) is 17.7 Å². The summed E-state index contributed by atoms with van der Waals surface area (Å²) in [6.07, 6.45) is -1.68. The van der Waals surface area contributed by atoms with Crippen LogP contribution in [0.2, 0.25) is 0 Å². The summed E-state index contributed by atoms with van der Waals surface area (Å²) in [4.78, 5) is 10.4. The van der Waals surface area contributed by atoms with Crippen molar-refractivity contribution in [3.8, 4) is 0 Å². The van der Waals surface area contributed by atoms with Crippen LogP contribution in [-0.4, -0.2) is 36.1 Å². The molecule has 0 spiro atoms. The number of halogens is 4. The lowest BCUT2D eigenvalue weighted by Gasteiger charge is -2.26. The first kappa shape index (κ1) is 20.5. The van der Waals surface area contributed by atoms with Crippen molar-refractivity contribution >= 4 is 6.29 Å². The first-order valence-electron chi connectivity index (χ1n) is 9.20. The number of carbonyl (C=O) groups excluding carboxylic acids is 1. The van der Waals surface area contributed by atoms with Crippen LogP contribution >= 0.6 is 0 Å². The molecule has 1 aromatic heterocycles. The first-order chi connectivity index (χ1) is 13.4. The summed E-state index contributed by atoms with van der Waals surface area (Å²) in [7, 11) is 0. The Morgan fingerprint density at radius 3 is 2.54 bits per heavy atom. The third kappa shape index (κ3) is 4.59. The summed E-state index contributed by atoms with van der Waals surface area (Å²) in [6.45, 7) is 3.01. The third-order valence-corrected chi connectivity index (χ3v) is 5.06. The van der Waals surface area contributed by atoms with Crippen molar-refractivity contribution in [1.29, 1.82) is 0 Å². The molecule has 9 heteroatoms. The van der Waals surface area contributed by atoms with Crippen LogP contribution in [0.15, 0.2) is 18.2 Å². The maximum atomic E-state index is 13.6. The number of rotatable bonds is 2. The number of fused-ring (bicyclic) bond motifs is 1. The van der Waals surface area contributed by atoms with Crippen molar-refractivity contribution in [2.75, 3.05) is 19.6 Å². The van der Waals surface area contributed by atoms with Gasteiger partial charge < -0.3 is 10.6 Å². The second kappa shape index (κ2) is 8.83. The average Bonchev–Trinajstić information content (AvgIpc) is 3.11. The number of hydrogen-bond donors (Lipinski definition) is 3. The van der Waals surface area contributed by atoms with Crippen LogP contribution in [0, 0.1) is 5.82 Å². The molecule has 5 nitrogen and oxygen atoms in total. The Hall–Kier alpha value is -2.26. The molecule has 0 bridgehead atoms. The number of aromatic amines is 1. The van der Waals surface area contributed by atoms with E-state index in [4.69, 9.17) is 0 Å². The number of piperidine rings is 1. The monoisotopic (exact) mass is 398 g/mol. The topological polar surface area (TPSA) is 69.8 Å². The summed E-state index contributed by atoms with van der Waals surface area (Å²) < 4.78 is 52.0. The van der Waals surface area contributed by atoms with Crippen LogP contribution in [-0.2, 0) is 19.1 Å². The molecule has 0 radical (unpaired) electrons. The number of alkyl halides is 3. The van der Waals surface area contributed by atoms with E-state index >= 15 is 0 Å². The standard InChI is InChI=1S/C12H13F4N.C7H9N3O/c13-10-3-1-2-9(12(14,15)16)11(10)8-4-6-17-7-5-8;11-4-7-5-1-2-8-3-6(5)9-10-7/h1-3,8,17H,4-7H2;4,8H,1-3H2,(H,9,10). The van der Waals surface area contributed by atoms with E-state index in [0.717, 1.165) is 55.3 Å². The third-order valence-electron chi connectivity index (χ3n) is 5.06. The van der Waals surface area contributed by atoms with E-state index in [0.29, 0.717) is 31.6 Å². The van der Waals surface area contributed by atoms with E-state index in [9.17, 15) is 22.4 Å². The smallest absolute Gasteiger partial charge is 0.317 e. The predicted octanol–water partition coefficient (Wildman–Crippen LogP) is 3.18. The van der Waals surface area contributed by atoms with Crippen LogP contribution in [0.25, 0.3) is 0 Å². The maximum absolute atomic E-state index is 13.6. The lowest BCUT2D eigenvalue weighted by atomic mass is 9.86. The fraction of sp³-hybridized carbons (Fsp3) is 0.474. The normalized spacial score (nSPS) is 17.4. The van der Waals surface area contributed by atoms with Crippen LogP contribution in [0.3, 0.4) is 0 Å². The Morgan fingerprint density at radius 2 is 1.86 bits per heavy atom. The Balaban J connectivity index is 0.000000176. The van der Waals surface area contributed by atoms with Gasteiger partial charge in [-0.25, -0.2) is 4.39 Å². The number of H-pyrrole nitrogens is 1. The molecule has 2 aliphatic rings. The number of aromatic nitrogens is 2. The summed E-state index contributed by atoms with van der Waals surface area (Å²) in [5, 5.41) is 13.0. The molecule has 2 aromatic rings. The zero-order valence-electron chi connectivity index (χ0n) is 15.2. The molecule has 2 aliphatic heterocycles. The quantitative estimate of drug-likeness (QED) is 0.537. The average molecular weight is 398 g/mol. The van der Waals surface area contributed by atoms with Gasteiger partial charge in [-0.05, 0) is 56.9 Å². The molecule has 0 saturated carbocycles. The van der Waals surface area contributed by atoms with Crippen molar-refractivity contribution in [2.24, 2.45) is 0 Å². The Morgan fingerprint density at radius 1 is 1.11 bits per heavy atom. The van der Waals surface area contributed by atoms with Gasteiger partial charge in [0.25, 0.3) is 0 Å². The fourth-order valence-corrected chi connectivity index (χ4v) is 3.68. The summed E-state index contributed by atoms with van der Waals surface area (Å²) in [5.41, 5.74) is 1.71. The molecular formula is C19H22F4N4O. The number of carbonyl (C=O) groups is 1. The van der Waals surface area contributed by atoms with E-state index in [1.54, 1.807) is 0 Å². The lowest BCUT2D eigenvalue weighted by Crippen LogP contribution is -2.28. The van der Waals surface area contributed by atoms with E-state index < -0.39 is 17.6 Å². The zero-order chi connectivity index (χ0) is 20.1. The Bertz CT molecular complexity index is 813. The van der Waals surface area contributed by atoms with Crippen LogP contribution < -0.4 is 10.6 Å². The van der Waals surface area contributed by atoms with Gasteiger partial charge in [0.05, 0.1) is 11.3 Å². The molecule has 152 valence electrons. The van der Waals surface area contributed by atoms with Gasteiger partial charge in [0.15, 0.2) is 6.29 Å². The minimum atomic E-state index is -4.48. The molecule has 1 saturated heterocycles. The summed E-state index contributed by atoms with van der Waals surface area (Å²) in [5.74, 6) is -1.08. The number of nitrogens with one attached hydrogen (secondary N) is 3. The minimum absolute atomic E-state index is 0.165. The predicted molar refractivity (Wildman–Crippen MR) is 95.6 cm³/mol. The van der Waals surface area contributed by atoms with Gasteiger partial charge in [-0.1, -0.05) is 6.07 Å². The number of benzene rings is 1. The van der Waals surface area contributed by atoms with Crippen molar-refractivity contribution in [3.05, 3.63) is 52.1 Å². The second-order valence-electron chi connectivity index (χ2n) is 6.83. The molecule has 1 fully saturated rings. The van der Waals surface area contributed by atoms with Gasteiger partial charge in [-0.3, -0.25) is 9.89 Å². The van der Waals surface area contributed by atoms with Crippen molar-refractivity contribution in [2.45, 2.75) is 37.9 Å². The Labute approximate surface area is 159 Å². The summed E-state index contributed by atoms with van der Waals surface area (Å²) >= 11 is 0. The molecule has 28 heavy (non-hydrogen) atoms. The van der Waals surface area contributed by atoms with Gasteiger partial charge in [0.2, 0.25) is 0 Å². The van der Waals surface area contributed by atoms with Gasteiger partial charge in [-0.15, -0.1) is 0 Å². The highest BCUT2D eigenvalue weighted by Gasteiger charge is 2.36. The van der Waals surface area contributed by atoms with E-state index in [-0.39, 0.29) is 11.5 Å². The van der Waals surface area contributed by atoms with E-state index in [1.807, 2.05) is 0 Å². The molecule has 3 heterocycles. The molecule has 0 unspecified atom stereocenters. The number of aldehydes is 1. The lowest BCUT2D eigenvalue weighted by molar-refractivity contribution is -0.138. The molecule has 0 amide bonds. The molecule has 3 N–H and O–H groups in total. The molecule has 0 atom stereocenters. The zero-order valence-corrected chi connectivity index (χ0v) is 15.2. The molecular weight excluding hydrogens is 376 g/mol. The minimum Gasteiger partial charge on any atom is -0.317 e. The van der Waals surface area contributed by atoms with Gasteiger partial charge in [-0.2, -0.15) is 18.3 Å². The van der Waals surface area contributed by atoms with Gasteiger partial charge >= 0.3 is 6.18 Å². The van der Waals surface area contributed by atoms with Crippen LogP contribution in [0.4, 0.5) is 17.6 Å². The van der Waals surface area contributed by atoms with Crippen LogP contribution in [0.5, 0.6) is 0 Å². The maximum Gasteiger partial charge on any atom is 0.416 e. The number of nitrogens with zero attached hydrogens (tertiary/aromatic N) is 1. The number of hydrogen-bond acceptors (Lipinski definition) is 4.